The lowest BCUT2D eigenvalue weighted by Gasteiger charge is -2.07. The Morgan fingerprint density at radius 3 is 2.50 bits per heavy atom. The summed E-state index contributed by atoms with van der Waals surface area (Å²) in [5.74, 6) is 0.282. The zero-order valence-electron chi connectivity index (χ0n) is 12.3. The summed E-state index contributed by atoms with van der Waals surface area (Å²) in [5.41, 5.74) is 0.908. The van der Waals surface area contributed by atoms with Gasteiger partial charge in [-0.25, -0.2) is 4.39 Å². The summed E-state index contributed by atoms with van der Waals surface area (Å²) in [6.45, 7) is 0. The standard InChI is InChI=1S/C17H16FNO3/c1-21-15-9-7-12(11-16(15)22-2)8-10-17(20)19-14-6-4-3-5-13(14)18/h3-11H,1-2H3,(H,19,20)/b10-8+. The van der Waals surface area contributed by atoms with Gasteiger partial charge in [0.1, 0.15) is 5.82 Å². The van der Waals surface area contributed by atoms with E-state index in [0.717, 1.165) is 5.56 Å². The maximum atomic E-state index is 13.4. The largest absolute Gasteiger partial charge is 0.493 e. The molecule has 0 heterocycles. The van der Waals surface area contributed by atoms with E-state index >= 15 is 0 Å². The van der Waals surface area contributed by atoms with E-state index in [2.05, 4.69) is 5.32 Å². The third-order valence-electron chi connectivity index (χ3n) is 2.97. The highest BCUT2D eigenvalue weighted by Crippen LogP contribution is 2.27. The molecular formula is C17H16FNO3. The van der Waals surface area contributed by atoms with E-state index < -0.39 is 11.7 Å². The average Bonchev–Trinajstić information content (AvgIpc) is 2.54. The zero-order valence-corrected chi connectivity index (χ0v) is 12.3. The van der Waals surface area contributed by atoms with Crippen molar-refractivity contribution < 1.29 is 18.7 Å². The highest BCUT2D eigenvalue weighted by Gasteiger charge is 2.05. The summed E-state index contributed by atoms with van der Waals surface area (Å²) in [6.07, 6.45) is 2.94. The molecule has 4 nitrogen and oxygen atoms in total. The molecule has 114 valence electrons. The van der Waals surface area contributed by atoms with E-state index in [1.165, 1.54) is 25.3 Å². The Balaban J connectivity index is 2.08. The van der Waals surface area contributed by atoms with Gasteiger partial charge in [-0.05, 0) is 35.9 Å². The second-order valence-electron chi connectivity index (χ2n) is 4.42. The Kier molecular flexibility index (Phi) is 5.14. The molecule has 0 fully saturated rings. The first kappa shape index (κ1) is 15.6. The molecule has 0 saturated carbocycles. The van der Waals surface area contributed by atoms with Gasteiger partial charge in [0.2, 0.25) is 5.91 Å². The number of anilines is 1. The fourth-order valence-electron chi connectivity index (χ4n) is 1.87. The fourth-order valence-corrected chi connectivity index (χ4v) is 1.87. The number of para-hydroxylation sites is 1. The second-order valence-corrected chi connectivity index (χ2v) is 4.42. The second kappa shape index (κ2) is 7.26. The molecule has 0 aliphatic rings. The highest BCUT2D eigenvalue weighted by molar-refractivity contribution is 6.02. The number of hydrogen-bond donors (Lipinski definition) is 1. The van der Waals surface area contributed by atoms with E-state index in [-0.39, 0.29) is 5.69 Å². The molecule has 0 aromatic heterocycles. The first-order valence-electron chi connectivity index (χ1n) is 6.59. The van der Waals surface area contributed by atoms with Crippen molar-refractivity contribution in [3.8, 4) is 11.5 Å². The first-order valence-corrected chi connectivity index (χ1v) is 6.59. The molecule has 0 aliphatic carbocycles. The number of rotatable bonds is 5. The van der Waals surface area contributed by atoms with Crippen molar-refractivity contribution in [2.24, 2.45) is 0 Å². The summed E-state index contributed by atoms with van der Waals surface area (Å²) in [5, 5.41) is 2.47. The summed E-state index contributed by atoms with van der Waals surface area (Å²) in [7, 11) is 3.09. The maximum absolute atomic E-state index is 13.4. The van der Waals surface area contributed by atoms with Crippen LogP contribution in [0.2, 0.25) is 0 Å². The lowest BCUT2D eigenvalue weighted by Crippen LogP contribution is -2.08. The number of methoxy groups -OCH3 is 2. The van der Waals surface area contributed by atoms with Gasteiger partial charge in [0.05, 0.1) is 19.9 Å². The summed E-state index contributed by atoms with van der Waals surface area (Å²) >= 11 is 0. The SMILES string of the molecule is COc1ccc(/C=C/C(=O)Nc2ccccc2F)cc1OC. The lowest BCUT2D eigenvalue weighted by molar-refractivity contribution is -0.111. The van der Waals surface area contributed by atoms with Crippen molar-refractivity contribution in [3.05, 3.63) is 59.9 Å². The monoisotopic (exact) mass is 301 g/mol. The smallest absolute Gasteiger partial charge is 0.248 e. The van der Waals surface area contributed by atoms with Crippen LogP contribution >= 0.6 is 0 Å². The minimum atomic E-state index is -0.477. The van der Waals surface area contributed by atoms with E-state index in [9.17, 15) is 9.18 Å². The Labute approximate surface area is 128 Å². The van der Waals surface area contributed by atoms with Crippen molar-refractivity contribution in [3.63, 3.8) is 0 Å². The van der Waals surface area contributed by atoms with Crippen LogP contribution in [0.3, 0.4) is 0 Å². The number of hydrogen-bond acceptors (Lipinski definition) is 3. The first-order chi connectivity index (χ1) is 10.6. The predicted molar refractivity (Wildman–Crippen MR) is 83.6 cm³/mol. The van der Waals surface area contributed by atoms with Crippen molar-refractivity contribution in [1.82, 2.24) is 0 Å². The van der Waals surface area contributed by atoms with E-state index in [1.807, 2.05) is 0 Å². The van der Waals surface area contributed by atoms with Crippen LogP contribution in [0.5, 0.6) is 11.5 Å². The molecule has 1 amide bonds. The molecule has 0 atom stereocenters. The number of halogens is 1. The molecule has 0 aliphatic heterocycles. The Morgan fingerprint density at radius 1 is 1.09 bits per heavy atom. The minimum Gasteiger partial charge on any atom is -0.493 e. The summed E-state index contributed by atoms with van der Waals surface area (Å²) in [6, 6.07) is 11.3. The molecule has 0 saturated heterocycles. The predicted octanol–water partition coefficient (Wildman–Crippen LogP) is 3.49. The molecule has 0 bridgehead atoms. The molecule has 2 aromatic carbocycles. The maximum Gasteiger partial charge on any atom is 0.248 e. The Morgan fingerprint density at radius 2 is 1.82 bits per heavy atom. The number of nitrogens with one attached hydrogen (secondary N) is 1. The summed E-state index contributed by atoms with van der Waals surface area (Å²) < 4.78 is 23.8. The molecule has 2 rings (SSSR count). The van der Waals surface area contributed by atoms with Crippen LogP contribution in [0.25, 0.3) is 6.08 Å². The third-order valence-corrected chi connectivity index (χ3v) is 2.97. The van der Waals surface area contributed by atoms with E-state index in [4.69, 9.17) is 9.47 Å². The van der Waals surface area contributed by atoms with Gasteiger partial charge >= 0.3 is 0 Å². The summed E-state index contributed by atoms with van der Waals surface area (Å²) in [4.78, 5) is 11.8. The van der Waals surface area contributed by atoms with Crippen LogP contribution in [-0.2, 0) is 4.79 Å². The number of ether oxygens (including phenoxy) is 2. The molecule has 0 spiro atoms. The van der Waals surface area contributed by atoms with Gasteiger partial charge in [-0.15, -0.1) is 0 Å². The van der Waals surface area contributed by atoms with Crippen LogP contribution < -0.4 is 14.8 Å². The molecular weight excluding hydrogens is 285 g/mol. The van der Waals surface area contributed by atoms with E-state index in [1.54, 1.807) is 43.5 Å². The average molecular weight is 301 g/mol. The van der Waals surface area contributed by atoms with Gasteiger partial charge in [0.25, 0.3) is 0 Å². The number of carbonyl (C=O) groups excluding carboxylic acids is 1. The molecule has 0 unspecified atom stereocenters. The molecule has 22 heavy (non-hydrogen) atoms. The number of amides is 1. The van der Waals surface area contributed by atoms with Crippen molar-refractivity contribution >= 4 is 17.7 Å². The van der Waals surface area contributed by atoms with Crippen molar-refractivity contribution in [2.75, 3.05) is 19.5 Å². The third kappa shape index (κ3) is 3.85. The van der Waals surface area contributed by atoms with Crippen LogP contribution in [-0.4, -0.2) is 20.1 Å². The Bertz CT molecular complexity index is 698. The molecule has 0 radical (unpaired) electrons. The molecule has 5 heteroatoms. The van der Waals surface area contributed by atoms with Crippen molar-refractivity contribution in [1.29, 1.82) is 0 Å². The van der Waals surface area contributed by atoms with Gasteiger partial charge < -0.3 is 14.8 Å². The van der Waals surface area contributed by atoms with Gasteiger partial charge in [0.15, 0.2) is 11.5 Å². The molecule has 1 N–H and O–H groups in total. The zero-order chi connectivity index (χ0) is 15.9. The van der Waals surface area contributed by atoms with Crippen LogP contribution in [0.4, 0.5) is 10.1 Å². The van der Waals surface area contributed by atoms with Crippen LogP contribution in [0, 0.1) is 5.82 Å². The normalized spacial score (nSPS) is 10.5. The quantitative estimate of drug-likeness (QED) is 0.860. The van der Waals surface area contributed by atoms with Gasteiger partial charge in [-0.3, -0.25) is 4.79 Å². The van der Waals surface area contributed by atoms with Gasteiger partial charge in [0, 0.05) is 6.08 Å². The van der Waals surface area contributed by atoms with Crippen LogP contribution in [0.15, 0.2) is 48.5 Å². The van der Waals surface area contributed by atoms with Gasteiger partial charge in [-0.2, -0.15) is 0 Å². The van der Waals surface area contributed by atoms with Crippen molar-refractivity contribution in [2.45, 2.75) is 0 Å². The topological polar surface area (TPSA) is 47.6 Å². The lowest BCUT2D eigenvalue weighted by atomic mass is 10.2. The number of carbonyl (C=O) groups is 1. The fraction of sp³-hybridized carbons (Fsp3) is 0.118. The number of benzene rings is 2. The minimum absolute atomic E-state index is 0.143. The van der Waals surface area contributed by atoms with Crippen LogP contribution in [0.1, 0.15) is 5.56 Å². The van der Waals surface area contributed by atoms with E-state index in [0.29, 0.717) is 11.5 Å². The Hall–Kier alpha value is -2.82. The molecule has 2 aromatic rings. The highest BCUT2D eigenvalue weighted by atomic mass is 19.1. The van der Waals surface area contributed by atoms with Gasteiger partial charge in [-0.1, -0.05) is 18.2 Å².